The number of hydrogen-bond donors (Lipinski definition) is 1. The number of rotatable bonds is 3. The van der Waals surface area contributed by atoms with Crippen molar-refractivity contribution in [1.82, 2.24) is 15.1 Å². The minimum Gasteiger partial charge on any atom is -0.354 e. The number of hydrogen-bond acceptors (Lipinski definition) is 4. The second-order valence-electron chi connectivity index (χ2n) is 8.55. The molecule has 0 spiro atoms. The number of amidine groups is 1. The largest absolute Gasteiger partial charge is 0.354 e. The van der Waals surface area contributed by atoms with Crippen molar-refractivity contribution in [1.29, 1.82) is 0 Å². The standard InChI is InChI=1S/C22H32N4O3S/c1-15(2)14-23-22(27)26-10-6-9-25(11-12-26)21-18(5)20(30(28,29)24-21)19-8-7-16(3)17(4)13-19/h7-8,13,15H,6,9-12,14H2,1-5H3,(H,23,27). The van der Waals surface area contributed by atoms with Gasteiger partial charge in [0.05, 0.1) is 0 Å². The van der Waals surface area contributed by atoms with Crippen LogP contribution in [-0.4, -0.2) is 62.8 Å². The van der Waals surface area contributed by atoms with Gasteiger partial charge in [-0.05, 0) is 49.8 Å². The van der Waals surface area contributed by atoms with Gasteiger partial charge < -0.3 is 15.1 Å². The van der Waals surface area contributed by atoms with Crippen LogP contribution in [0.5, 0.6) is 0 Å². The fourth-order valence-corrected chi connectivity index (χ4v) is 5.28. The molecule has 1 fully saturated rings. The molecule has 1 aromatic carbocycles. The average molecular weight is 433 g/mol. The number of nitrogens with one attached hydrogen (secondary N) is 1. The molecule has 0 atom stereocenters. The van der Waals surface area contributed by atoms with E-state index in [1.807, 2.05) is 43.9 Å². The van der Waals surface area contributed by atoms with E-state index in [0.717, 1.165) is 17.5 Å². The summed E-state index contributed by atoms with van der Waals surface area (Å²) >= 11 is 0. The second-order valence-corrected chi connectivity index (χ2v) is 10.1. The van der Waals surface area contributed by atoms with Crippen LogP contribution in [0.25, 0.3) is 4.91 Å². The van der Waals surface area contributed by atoms with Gasteiger partial charge in [-0.25, -0.2) is 4.79 Å². The van der Waals surface area contributed by atoms with E-state index < -0.39 is 10.0 Å². The van der Waals surface area contributed by atoms with E-state index in [1.165, 1.54) is 0 Å². The maximum Gasteiger partial charge on any atom is 0.317 e. The zero-order chi connectivity index (χ0) is 22.1. The lowest BCUT2D eigenvalue weighted by atomic mass is 10.0. The average Bonchev–Trinajstić information content (AvgIpc) is 2.83. The molecule has 2 heterocycles. The summed E-state index contributed by atoms with van der Waals surface area (Å²) < 4.78 is 29.9. The van der Waals surface area contributed by atoms with Crippen LogP contribution in [0.4, 0.5) is 4.79 Å². The van der Waals surface area contributed by atoms with Crippen LogP contribution in [0.2, 0.25) is 0 Å². The smallest absolute Gasteiger partial charge is 0.317 e. The molecule has 2 amide bonds. The Morgan fingerprint density at radius 1 is 1.10 bits per heavy atom. The summed E-state index contributed by atoms with van der Waals surface area (Å²) in [4.78, 5) is 16.5. The Bertz CT molecular complexity index is 996. The van der Waals surface area contributed by atoms with Crippen molar-refractivity contribution in [2.45, 2.75) is 41.0 Å². The van der Waals surface area contributed by atoms with E-state index in [0.29, 0.717) is 55.6 Å². The van der Waals surface area contributed by atoms with Crippen LogP contribution >= 0.6 is 0 Å². The Kier molecular flexibility index (Phi) is 6.55. The van der Waals surface area contributed by atoms with Crippen molar-refractivity contribution in [2.24, 2.45) is 10.3 Å². The van der Waals surface area contributed by atoms with Crippen molar-refractivity contribution in [2.75, 3.05) is 32.7 Å². The molecule has 1 N–H and O–H groups in total. The van der Waals surface area contributed by atoms with Crippen LogP contribution in [0.1, 0.15) is 43.9 Å². The Balaban J connectivity index is 1.80. The normalized spacial score (nSPS) is 19.2. The molecular weight excluding hydrogens is 400 g/mol. The zero-order valence-electron chi connectivity index (χ0n) is 18.5. The van der Waals surface area contributed by atoms with Gasteiger partial charge in [0, 0.05) is 38.3 Å². The summed E-state index contributed by atoms with van der Waals surface area (Å²) in [6.07, 6.45) is 0.764. The SMILES string of the molecule is CC1=C(c2ccc(C)c(C)c2)S(=O)(=O)N=C1N1CCCN(C(=O)NCC(C)C)CC1. The molecule has 0 aliphatic carbocycles. The fraction of sp³-hybridized carbons (Fsp3) is 0.545. The number of urea groups is 1. The number of amides is 2. The van der Waals surface area contributed by atoms with Crippen LogP contribution in [0.15, 0.2) is 28.2 Å². The molecule has 30 heavy (non-hydrogen) atoms. The molecule has 1 saturated heterocycles. The highest BCUT2D eigenvalue weighted by molar-refractivity contribution is 8.00. The van der Waals surface area contributed by atoms with Gasteiger partial charge in [0.25, 0.3) is 10.0 Å². The molecule has 0 bridgehead atoms. The molecule has 2 aliphatic heterocycles. The van der Waals surface area contributed by atoms with Gasteiger partial charge in [0.2, 0.25) is 0 Å². The molecule has 0 aromatic heterocycles. The summed E-state index contributed by atoms with van der Waals surface area (Å²) in [6, 6.07) is 5.64. The molecule has 7 nitrogen and oxygen atoms in total. The first-order chi connectivity index (χ1) is 14.1. The first-order valence-corrected chi connectivity index (χ1v) is 12.0. The van der Waals surface area contributed by atoms with Crippen LogP contribution in [-0.2, 0) is 10.0 Å². The molecule has 1 aromatic rings. The Hall–Kier alpha value is -2.35. The van der Waals surface area contributed by atoms with E-state index in [4.69, 9.17) is 0 Å². The maximum absolute atomic E-state index is 12.9. The van der Waals surface area contributed by atoms with Crippen molar-refractivity contribution in [3.8, 4) is 0 Å². The fourth-order valence-electron chi connectivity index (χ4n) is 3.80. The second kappa shape index (κ2) is 8.79. The molecule has 8 heteroatoms. The molecule has 164 valence electrons. The van der Waals surface area contributed by atoms with E-state index in [9.17, 15) is 13.2 Å². The first-order valence-electron chi connectivity index (χ1n) is 10.5. The van der Waals surface area contributed by atoms with Gasteiger partial charge in [-0.3, -0.25) is 0 Å². The molecule has 0 radical (unpaired) electrons. The molecular formula is C22H32N4O3S. The van der Waals surface area contributed by atoms with Crippen LogP contribution < -0.4 is 5.32 Å². The lowest BCUT2D eigenvalue weighted by molar-refractivity contribution is 0.199. The van der Waals surface area contributed by atoms with E-state index in [-0.39, 0.29) is 10.9 Å². The number of nitrogens with zero attached hydrogens (tertiary/aromatic N) is 3. The Morgan fingerprint density at radius 3 is 2.50 bits per heavy atom. The highest BCUT2D eigenvalue weighted by Gasteiger charge is 2.34. The van der Waals surface area contributed by atoms with Crippen LogP contribution in [0, 0.1) is 19.8 Å². The summed E-state index contributed by atoms with van der Waals surface area (Å²) in [7, 11) is -3.74. The number of carbonyl (C=O) groups excluding carboxylic acids is 1. The lowest BCUT2D eigenvalue weighted by Crippen LogP contribution is -2.43. The lowest BCUT2D eigenvalue weighted by Gasteiger charge is -2.24. The number of carbonyl (C=O) groups is 1. The first kappa shape index (κ1) is 22.3. The molecule has 0 unspecified atom stereocenters. The third-order valence-corrected chi connectivity index (χ3v) is 7.12. The summed E-state index contributed by atoms with van der Waals surface area (Å²) in [6.45, 7) is 13.0. The minimum atomic E-state index is -3.74. The molecule has 3 rings (SSSR count). The van der Waals surface area contributed by atoms with E-state index in [2.05, 4.69) is 23.6 Å². The third-order valence-electron chi connectivity index (χ3n) is 5.65. The quantitative estimate of drug-likeness (QED) is 0.795. The predicted molar refractivity (Wildman–Crippen MR) is 121 cm³/mol. The van der Waals surface area contributed by atoms with Gasteiger partial charge in [0.15, 0.2) is 0 Å². The van der Waals surface area contributed by atoms with Crippen molar-refractivity contribution in [3.63, 3.8) is 0 Å². The minimum absolute atomic E-state index is 0.0605. The van der Waals surface area contributed by atoms with E-state index in [1.54, 1.807) is 4.90 Å². The Labute approximate surface area is 179 Å². The van der Waals surface area contributed by atoms with Gasteiger partial charge in [-0.2, -0.15) is 8.42 Å². The monoisotopic (exact) mass is 432 g/mol. The summed E-state index contributed by atoms with van der Waals surface area (Å²) in [5, 5.41) is 2.96. The summed E-state index contributed by atoms with van der Waals surface area (Å²) in [5.74, 6) is 0.903. The summed E-state index contributed by atoms with van der Waals surface area (Å²) in [5.41, 5.74) is 3.53. The van der Waals surface area contributed by atoms with Crippen molar-refractivity contribution >= 4 is 26.8 Å². The number of benzene rings is 1. The van der Waals surface area contributed by atoms with Gasteiger partial charge >= 0.3 is 6.03 Å². The van der Waals surface area contributed by atoms with Crippen LogP contribution in [0.3, 0.4) is 0 Å². The van der Waals surface area contributed by atoms with Crippen molar-refractivity contribution in [3.05, 3.63) is 40.5 Å². The zero-order valence-corrected chi connectivity index (χ0v) is 19.3. The maximum atomic E-state index is 12.9. The highest BCUT2D eigenvalue weighted by atomic mass is 32.2. The predicted octanol–water partition coefficient (Wildman–Crippen LogP) is 3.15. The number of aryl methyl sites for hydroxylation is 2. The third kappa shape index (κ3) is 4.69. The topological polar surface area (TPSA) is 82.1 Å². The highest BCUT2D eigenvalue weighted by Crippen LogP contribution is 2.34. The van der Waals surface area contributed by atoms with Gasteiger partial charge in [0.1, 0.15) is 10.7 Å². The Morgan fingerprint density at radius 2 is 1.83 bits per heavy atom. The van der Waals surface area contributed by atoms with Gasteiger partial charge in [-0.15, -0.1) is 4.40 Å². The van der Waals surface area contributed by atoms with Gasteiger partial charge in [-0.1, -0.05) is 32.0 Å². The van der Waals surface area contributed by atoms with E-state index >= 15 is 0 Å². The van der Waals surface area contributed by atoms with Crippen molar-refractivity contribution < 1.29 is 13.2 Å². The molecule has 0 saturated carbocycles. The number of sulfonamides is 1. The molecule has 2 aliphatic rings.